The number of fused-ring (bicyclic) bond motifs is 1. The van der Waals surface area contributed by atoms with Crippen molar-refractivity contribution in [2.24, 2.45) is 0 Å². The van der Waals surface area contributed by atoms with Crippen LogP contribution in [0.25, 0.3) is 10.7 Å². The molecule has 2 aromatic heterocycles. The van der Waals surface area contributed by atoms with Crippen molar-refractivity contribution in [1.29, 1.82) is 0 Å². The zero-order valence-electron chi connectivity index (χ0n) is 11.8. The number of benzene rings is 1. The van der Waals surface area contributed by atoms with Crippen LogP contribution in [0.5, 0.6) is 0 Å². The van der Waals surface area contributed by atoms with Gasteiger partial charge in [-0.15, -0.1) is 11.3 Å². The summed E-state index contributed by atoms with van der Waals surface area (Å²) >= 11 is 1.57. The average molecular weight is 315 g/mol. The van der Waals surface area contributed by atoms with Crippen molar-refractivity contribution in [2.45, 2.75) is 19.4 Å². The summed E-state index contributed by atoms with van der Waals surface area (Å²) in [4.78, 5) is 7.38. The van der Waals surface area contributed by atoms with E-state index in [0.717, 1.165) is 29.8 Å². The molecule has 0 spiro atoms. The summed E-state index contributed by atoms with van der Waals surface area (Å²) in [6.45, 7) is 1.23. The van der Waals surface area contributed by atoms with Gasteiger partial charge in [-0.1, -0.05) is 23.4 Å². The Morgan fingerprint density at radius 3 is 3.09 bits per heavy atom. The van der Waals surface area contributed by atoms with Crippen molar-refractivity contribution in [2.75, 3.05) is 11.4 Å². The molecule has 3 heterocycles. The van der Waals surface area contributed by atoms with E-state index < -0.39 is 0 Å². The van der Waals surface area contributed by atoms with Crippen LogP contribution >= 0.6 is 11.3 Å². The molecule has 0 aliphatic carbocycles. The molecule has 0 bridgehead atoms. The molecule has 1 aliphatic rings. The van der Waals surface area contributed by atoms with Gasteiger partial charge in [-0.25, -0.2) is 4.39 Å². The molecule has 0 radical (unpaired) electrons. The molecular formula is C16H14FN3OS. The lowest BCUT2D eigenvalue weighted by Gasteiger charge is -2.30. The first-order chi connectivity index (χ1) is 10.8. The minimum Gasteiger partial charge on any atom is -0.360 e. The first-order valence-electron chi connectivity index (χ1n) is 7.20. The maximum absolute atomic E-state index is 14.1. The van der Waals surface area contributed by atoms with Crippen molar-refractivity contribution < 1.29 is 8.91 Å². The standard InChI is InChI=1S/C16H14FN3OS/c17-12-6-1-4-11-5-2-8-20(15(11)12)10-14-18-16(19-21-14)13-7-3-9-22-13/h1,3-4,6-7,9H,2,5,8,10H2. The molecule has 1 aliphatic heterocycles. The lowest BCUT2D eigenvalue weighted by atomic mass is 10.0. The average Bonchev–Trinajstić information content (AvgIpc) is 3.18. The van der Waals surface area contributed by atoms with Gasteiger partial charge in [-0.2, -0.15) is 4.98 Å². The highest BCUT2D eigenvalue weighted by Gasteiger charge is 2.22. The molecule has 3 aromatic rings. The summed E-state index contributed by atoms with van der Waals surface area (Å²) in [6.07, 6.45) is 1.91. The van der Waals surface area contributed by atoms with E-state index >= 15 is 0 Å². The summed E-state index contributed by atoms with van der Waals surface area (Å²) < 4.78 is 19.5. The van der Waals surface area contributed by atoms with E-state index in [1.807, 2.05) is 28.5 Å². The maximum Gasteiger partial charge on any atom is 0.246 e. The van der Waals surface area contributed by atoms with Gasteiger partial charge < -0.3 is 9.42 Å². The number of nitrogens with zero attached hydrogens (tertiary/aromatic N) is 3. The fourth-order valence-corrected chi connectivity index (χ4v) is 3.48. The molecule has 0 atom stereocenters. The molecule has 0 saturated heterocycles. The molecule has 0 saturated carbocycles. The Balaban J connectivity index is 1.60. The number of aryl methyl sites for hydroxylation is 1. The summed E-state index contributed by atoms with van der Waals surface area (Å²) in [7, 11) is 0. The Morgan fingerprint density at radius 1 is 1.27 bits per heavy atom. The molecule has 22 heavy (non-hydrogen) atoms. The highest BCUT2D eigenvalue weighted by molar-refractivity contribution is 7.13. The summed E-state index contributed by atoms with van der Waals surface area (Å²) in [5.74, 6) is 0.922. The molecule has 4 nitrogen and oxygen atoms in total. The number of hydrogen-bond acceptors (Lipinski definition) is 5. The molecule has 1 aromatic carbocycles. The van der Waals surface area contributed by atoms with Gasteiger partial charge in [0.15, 0.2) is 0 Å². The number of anilines is 1. The number of aromatic nitrogens is 2. The topological polar surface area (TPSA) is 42.2 Å². The third-order valence-electron chi connectivity index (χ3n) is 3.80. The number of halogens is 1. The van der Waals surface area contributed by atoms with Crippen LogP contribution in [0, 0.1) is 5.82 Å². The normalized spacial score (nSPS) is 14.1. The minimum absolute atomic E-state index is 0.185. The zero-order chi connectivity index (χ0) is 14.9. The monoisotopic (exact) mass is 315 g/mol. The van der Waals surface area contributed by atoms with Crippen LogP contribution < -0.4 is 4.90 Å². The van der Waals surface area contributed by atoms with E-state index in [2.05, 4.69) is 10.1 Å². The van der Waals surface area contributed by atoms with Crippen LogP contribution in [0.15, 0.2) is 40.2 Å². The van der Waals surface area contributed by atoms with Gasteiger partial charge in [0.25, 0.3) is 0 Å². The molecule has 6 heteroatoms. The van der Waals surface area contributed by atoms with Gasteiger partial charge in [0.2, 0.25) is 11.7 Å². The van der Waals surface area contributed by atoms with E-state index in [4.69, 9.17) is 4.52 Å². The van der Waals surface area contributed by atoms with E-state index in [1.54, 1.807) is 17.4 Å². The SMILES string of the molecule is Fc1cccc2c1N(Cc1nc(-c3cccs3)no1)CCC2. The minimum atomic E-state index is -0.185. The second-order valence-electron chi connectivity index (χ2n) is 5.26. The second-order valence-corrected chi connectivity index (χ2v) is 6.21. The van der Waals surface area contributed by atoms with Crippen LogP contribution in [0.3, 0.4) is 0 Å². The van der Waals surface area contributed by atoms with Gasteiger partial charge >= 0.3 is 0 Å². The van der Waals surface area contributed by atoms with Crippen molar-refractivity contribution in [3.63, 3.8) is 0 Å². The lowest BCUT2D eigenvalue weighted by molar-refractivity contribution is 0.375. The fraction of sp³-hybridized carbons (Fsp3) is 0.250. The van der Waals surface area contributed by atoms with E-state index in [0.29, 0.717) is 23.9 Å². The van der Waals surface area contributed by atoms with Crippen LogP contribution in [0.2, 0.25) is 0 Å². The van der Waals surface area contributed by atoms with Gasteiger partial charge in [0.05, 0.1) is 17.1 Å². The zero-order valence-corrected chi connectivity index (χ0v) is 12.6. The Hall–Kier alpha value is -2.21. The van der Waals surface area contributed by atoms with Crippen molar-refractivity contribution in [1.82, 2.24) is 10.1 Å². The Kier molecular flexibility index (Phi) is 3.38. The quantitative estimate of drug-likeness (QED) is 0.735. The van der Waals surface area contributed by atoms with Gasteiger partial charge in [-0.3, -0.25) is 0 Å². The lowest BCUT2D eigenvalue weighted by Crippen LogP contribution is -2.29. The van der Waals surface area contributed by atoms with Crippen LogP contribution in [0.4, 0.5) is 10.1 Å². The predicted molar refractivity (Wildman–Crippen MR) is 83.4 cm³/mol. The Labute approximate surface area is 131 Å². The number of thiophene rings is 1. The second kappa shape index (κ2) is 5.53. The largest absolute Gasteiger partial charge is 0.360 e. The summed E-state index contributed by atoms with van der Waals surface area (Å²) in [5, 5.41) is 5.98. The number of hydrogen-bond donors (Lipinski definition) is 0. The summed E-state index contributed by atoms with van der Waals surface area (Å²) in [6, 6.07) is 9.15. The molecule has 0 N–H and O–H groups in total. The third-order valence-corrected chi connectivity index (χ3v) is 4.66. The molecule has 0 amide bonds. The first-order valence-corrected chi connectivity index (χ1v) is 8.08. The fourth-order valence-electron chi connectivity index (χ4n) is 2.83. The summed E-state index contributed by atoms with van der Waals surface area (Å²) in [5.41, 5.74) is 1.72. The Bertz CT molecular complexity index is 785. The van der Waals surface area contributed by atoms with Crippen LogP contribution in [0.1, 0.15) is 17.9 Å². The van der Waals surface area contributed by atoms with Crippen LogP contribution in [-0.4, -0.2) is 16.7 Å². The molecule has 0 unspecified atom stereocenters. The molecule has 112 valence electrons. The molecule has 0 fully saturated rings. The number of rotatable bonds is 3. The van der Waals surface area contributed by atoms with Crippen molar-refractivity contribution in [3.8, 4) is 10.7 Å². The number of para-hydroxylation sites is 1. The molecule has 4 rings (SSSR count). The van der Waals surface area contributed by atoms with E-state index in [9.17, 15) is 4.39 Å². The van der Waals surface area contributed by atoms with Gasteiger partial charge in [0.1, 0.15) is 5.82 Å². The van der Waals surface area contributed by atoms with Gasteiger partial charge in [0, 0.05) is 6.54 Å². The highest BCUT2D eigenvalue weighted by Crippen LogP contribution is 2.31. The van der Waals surface area contributed by atoms with Crippen molar-refractivity contribution in [3.05, 3.63) is 53.0 Å². The van der Waals surface area contributed by atoms with E-state index in [1.165, 1.54) is 6.07 Å². The van der Waals surface area contributed by atoms with Crippen LogP contribution in [-0.2, 0) is 13.0 Å². The van der Waals surface area contributed by atoms with Gasteiger partial charge in [-0.05, 0) is 35.9 Å². The maximum atomic E-state index is 14.1. The van der Waals surface area contributed by atoms with Crippen molar-refractivity contribution >= 4 is 17.0 Å². The highest BCUT2D eigenvalue weighted by atomic mass is 32.1. The molecular weight excluding hydrogens is 301 g/mol. The first kappa shape index (κ1) is 13.5. The smallest absolute Gasteiger partial charge is 0.246 e. The third kappa shape index (κ3) is 2.39. The Morgan fingerprint density at radius 2 is 2.23 bits per heavy atom. The van der Waals surface area contributed by atoms with E-state index in [-0.39, 0.29) is 5.82 Å². The predicted octanol–water partition coefficient (Wildman–Crippen LogP) is 3.89.